The molecule has 174 valence electrons. The van der Waals surface area contributed by atoms with Crippen LogP contribution in [0.25, 0.3) is 0 Å². The number of carbonyl (C=O) groups excluding carboxylic acids is 1. The number of hydrogen-bond donors (Lipinski definition) is 1. The molecule has 0 heterocycles. The molecule has 0 aliphatic rings. The lowest BCUT2D eigenvalue weighted by atomic mass is 10.1. The van der Waals surface area contributed by atoms with Gasteiger partial charge in [-0.15, -0.1) is 0 Å². The summed E-state index contributed by atoms with van der Waals surface area (Å²) < 4.78 is 33.2. The third kappa shape index (κ3) is 5.86. The molecule has 0 bridgehead atoms. The van der Waals surface area contributed by atoms with Crippen LogP contribution in [0, 0.1) is 13.8 Å². The molecule has 3 aromatic carbocycles. The molecule has 0 fully saturated rings. The van der Waals surface area contributed by atoms with Crippen LogP contribution in [0.1, 0.15) is 29.7 Å². The topological polar surface area (TPSA) is 75.7 Å². The highest BCUT2D eigenvalue weighted by molar-refractivity contribution is 7.92. The zero-order valence-electron chi connectivity index (χ0n) is 19.0. The van der Waals surface area contributed by atoms with Gasteiger partial charge in [-0.25, -0.2) is 8.42 Å². The van der Waals surface area contributed by atoms with Crippen LogP contribution < -0.4 is 14.4 Å². The zero-order chi connectivity index (χ0) is 24.2. The number of methoxy groups -OCH3 is 1. The maximum Gasteiger partial charge on any atom is 0.264 e. The van der Waals surface area contributed by atoms with E-state index in [1.165, 1.54) is 12.1 Å². The number of sulfonamides is 1. The zero-order valence-corrected chi connectivity index (χ0v) is 20.6. The highest BCUT2D eigenvalue weighted by Gasteiger charge is 2.28. The van der Waals surface area contributed by atoms with Crippen molar-refractivity contribution in [2.45, 2.75) is 31.7 Å². The first kappa shape index (κ1) is 24.6. The number of halogens is 1. The van der Waals surface area contributed by atoms with E-state index in [0.717, 1.165) is 21.0 Å². The Morgan fingerprint density at radius 3 is 2.24 bits per heavy atom. The first-order chi connectivity index (χ1) is 15.6. The van der Waals surface area contributed by atoms with Gasteiger partial charge in [0.05, 0.1) is 23.7 Å². The molecule has 0 saturated carbocycles. The molecule has 1 N–H and O–H groups in total. The molecular formula is C25H27ClN2O4S. The van der Waals surface area contributed by atoms with Gasteiger partial charge in [0.15, 0.2) is 0 Å². The summed E-state index contributed by atoms with van der Waals surface area (Å²) in [7, 11) is -2.42. The van der Waals surface area contributed by atoms with E-state index < -0.39 is 22.5 Å². The van der Waals surface area contributed by atoms with Crippen LogP contribution >= 0.6 is 11.6 Å². The smallest absolute Gasteiger partial charge is 0.264 e. The van der Waals surface area contributed by atoms with E-state index in [1.54, 1.807) is 49.6 Å². The van der Waals surface area contributed by atoms with Crippen LogP contribution in [-0.2, 0) is 14.8 Å². The number of aryl methyl sites for hydroxylation is 2. The third-order valence-electron chi connectivity index (χ3n) is 5.33. The van der Waals surface area contributed by atoms with Gasteiger partial charge in [0, 0.05) is 5.02 Å². The first-order valence-corrected chi connectivity index (χ1v) is 12.2. The van der Waals surface area contributed by atoms with Crippen molar-refractivity contribution in [3.05, 3.63) is 88.4 Å². The third-order valence-corrected chi connectivity index (χ3v) is 7.53. The second kappa shape index (κ2) is 10.3. The van der Waals surface area contributed by atoms with Gasteiger partial charge in [0.1, 0.15) is 12.3 Å². The summed E-state index contributed by atoms with van der Waals surface area (Å²) in [6.45, 7) is 5.15. The molecule has 0 aliphatic carbocycles. The van der Waals surface area contributed by atoms with Crippen molar-refractivity contribution in [2.24, 2.45) is 0 Å². The van der Waals surface area contributed by atoms with Gasteiger partial charge in [-0.05, 0) is 68.3 Å². The van der Waals surface area contributed by atoms with E-state index in [9.17, 15) is 13.2 Å². The molecule has 1 atom stereocenters. The molecule has 0 spiro atoms. The Labute approximate surface area is 200 Å². The summed E-state index contributed by atoms with van der Waals surface area (Å²) >= 11 is 6.27. The monoisotopic (exact) mass is 486 g/mol. The van der Waals surface area contributed by atoms with E-state index in [-0.39, 0.29) is 10.9 Å². The molecule has 0 aliphatic heterocycles. The van der Waals surface area contributed by atoms with Crippen molar-refractivity contribution in [3.63, 3.8) is 0 Å². The van der Waals surface area contributed by atoms with E-state index in [1.807, 2.05) is 32.9 Å². The number of hydrogen-bond acceptors (Lipinski definition) is 4. The van der Waals surface area contributed by atoms with Gasteiger partial charge in [-0.3, -0.25) is 9.10 Å². The lowest BCUT2D eigenvalue weighted by Crippen LogP contribution is -2.41. The fourth-order valence-corrected chi connectivity index (χ4v) is 4.87. The van der Waals surface area contributed by atoms with Gasteiger partial charge < -0.3 is 10.1 Å². The minimum Gasteiger partial charge on any atom is -0.497 e. The second-order valence-corrected chi connectivity index (χ2v) is 10.1. The Morgan fingerprint density at radius 2 is 1.67 bits per heavy atom. The number of nitrogens with zero attached hydrogens (tertiary/aromatic N) is 1. The summed E-state index contributed by atoms with van der Waals surface area (Å²) in [6, 6.07) is 18.4. The van der Waals surface area contributed by atoms with Crippen LogP contribution in [0.15, 0.2) is 71.6 Å². The summed E-state index contributed by atoms with van der Waals surface area (Å²) in [5, 5.41) is 3.29. The molecule has 3 aromatic rings. The number of anilines is 1. The summed E-state index contributed by atoms with van der Waals surface area (Å²) in [6.07, 6.45) is 0. The highest BCUT2D eigenvalue weighted by Crippen LogP contribution is 2.28. The Kier molecular flexibility index (Phi) is 7.66. The largest absolute Gasteiger partial charge is 0.497 e. The van der Waals surface area contributed by atoms with Gasteiger partial charge in [0.2, 0.25) is 5.91 Å². The number of ether oxygens (including phenoxy) is 1. The molecular weight excluding hydrogens is 460 g/mol. The summed E-state index contributed by atoms with van der Waals surface area (Å²) in [5.41, 5.74) is 2.93. The van der Waals surface area contributed by atoms with Crippen molar-refractivity contribution in [3.8, 4) is 5.75 Å². The number of benzene rings is 3. The molecule has 1 amide bonds. The van der Waals surface area contributed by atoms with E-state index in [2.05, 4.69) is 5.32 Å². The fourth-order valence-electron chi connectivity index (χ4n) is 3.28. The predicted molar refractivity (Wildman–Crippen MR) is 131 cm³/mol. The van der Waals surface area contributed by atoms with Gasteiger partial charge in [0.25, 0.3) is 10.0 Å². The van der Waals surface area contributed by atoms with Gasteiger partial charge >= 0.3 is 0 Å². The number of rotatable bonds is 8. The quantitative estimate of drug-likeness (QED) is 0.484. The Morgan fingerprint density at radius 1 is 1.03 bits per heavy atom. The van der Waals surface area contributed by atoms with Crippen LogP contribution in [0.4, 0.5) is 5.69 Å². The average Bonchev–Trinajstić information content (AvgIpc) is 2.79. The number of amides is 1. The molecule has 0 saturated heterocycles. The van der Waals surface area contributed by atoms with Crippen molar-refractivity contribution >= 4 is 33.2 Å². The van der Waals surface area contributed by atoms with Crippen LogP contribution in [0.2, 0.25) is 5.02 Å². The molecule has 33 heavy (non-hydrogen) atoms. The molecule has 3 rings (SSSR count). The molecule has 0 radical (unpaired) electrons. The molecule has 0 aromatic heterocycles. The van der Waals surface area contributed by atoms with E-state index in [4.69, 9.17) is 16.3 Å². The highest BCUT2D eigenvalue weighted by atomic mass is 35.5. The maximum absolute atomic E-state index is 13.5. The maximum atomic E-state index is 13.5. The van der Waals surface area contributed by atoms with Crippen LogP contribution in [0.3, 0.4) is 0 Å². The second-order valence-electron chi connectivity index (χ2n) is 7.82. The molecule has 6 nitrogen and oxygen atoms in total. The predicted octanol–water partition coefficient (Wildman–Crippen LogP) is 5.04. The summed E-state index contributed by atoms with van der Waals surface area (Å²) in [5.74, 6) is 0.273. The van der Waals surface area contributed by atoms with Gasteiger partial charge in [-0.2, -0.15) is 0 Å². The standard InChI is InChI=1S/C25H27ClN2O4S/c1-17-5-13-23(14-6-17)33(30,31)28(21-10-7-18(2)24(26)15-21)16-25(29)27-19(3)20-8-11-22(32-4)12-9-20/h5-15,19H,16H2,1-4H3,(H,27,29)/t19-/m0/s1. The average molecular weight is 487 g/mol. The minimum atomic E-state index is -4.01. The van der Waals surface area contributed by atoms with Crippen LogP contribution in [0.5, 0.6) is 5.75 Å². The van der Waals surface area contributed by atoms with Crippen molar-refractivity contribution in [1.82, 2.24) is 5.32 Å². The number of carbonyl (C=O) groups is 1. The van der Waals surface area contributed by atoms with E-state index in [0.29, 0.717) is 16.5 Å². The van der Waals surface area contributed by atoms with Crippen molar-refractivity contribution in [2.75, 3.05) is 18.0 Å². The van der Waals surface area contributed by atoms with Crippen LogP contribution in [-0.4, -0.2) is 28.0 Å². The summed E-state index contributed by atoms with van der Waals surface area (Å²) in [4.78, 5) is 13.0. The van der Waals surface area contributed by atoms with Crippen molar-refractivity contribution in [1.29, 1.82) is 0 Å². The molecule has 8 heteroatoms. The SMILES string of the molecule is COc1ccc([C@H](C)NC(=O)CN(c2ccc(C)c(Cl)c2)S(=O)(=O)c2ccc(C)cc2)cc1. The minimum absolute atomic E-state index is 0.0980. The normalized spacial score (nSPS) is 12.2. The lowest BCUT2D eigenvalue weighted by molar-refractivity contribution is -0.120. The Bertz CT molecular complexity index is 1230. The van der Waals surface area contributed by atoms with E-state index >= 15 is 0 Å². The van der Waals surface area contributed by atoms with Gasteiger partial charge in [-0.1, -0.05) is 47.5 Å². The first-order valence-electron chi connectivity index (χ1n) is 10.4. The Balaban J connectivity index is 1.89. The Hall–Kier alpha value is -3.03. The number of nitrogens with one attached hydrogen (secondary N) is 1. The molecule has 0 unspecified atom stereocenters. The fraction of sp³-hybridized carbons (Fsp3) is 0.240. The lowest BCUT2D eigenvalue weighted by Gasteiger charge is -2.25. The van der Waals surface area contributed by atoms with Crippen molar-refractivity contribution < 1.29 is 17.9 Å².